The molecule has 1 aliphatic heterocycles. The zero-order valence-corrected chi connectivity index (χ0v) is 11.5. The molecule has 1 saturated heterocycles. The van der Waals surface area contributed by atoms with Crippen molar-refractivity contribution >= 4 is 11.6 Å². The summed E-state index contributed by atoms with van der Waals surface area (Å²) in [5.74, 6) is 0.124. The molecule has 0 saturated carbocycles. The Morgan fingerprint density at radius 2 is 2.16 bits per heavy atom. The largest absolute Gasteiger partial charge is 0.392 e. The molecular weight excluding hydrogens is 242 g/mol. The second-order valence-electron chi connectivity index (χ2n) is 5.10. The van der Waals surface area contributed by atoms with Gasteiger partial charge in [-0.15, -0.1) is 0 Å². The van der Waals surface area contributed by atoms with Gasteiger partial charge in [0, 0.05) is 38.3 Å². The zero-order valence-electron chi connectivity index (χ0n) is 11.5. The number of aromatic nitrogens is 1. The molecule has 1 amide bonds. The SMILES string of the molecule is Cc1ccc(N2CCN(CC(C)O)CCC2=O)cn1. The minimum Gasteiger partial charge on any atom is -0.392 e. The van der Waals surface area contributed by atoms with E-state index in [1.807, 2.05) is 19.1 Å². The van der Waals surface area contributed by atoms with E-state index in [1.165, 1.54) is 0 Å². The van der Waals surface area contributed by atoms with Gasteiger partial charge in [-0.25, -0.2) is 0 Å². The average Bonchev–Trinajstić information content (AvgIpc) is 2.53. The monoisotopic (exact) mass is 263 g/mol. The Kier molecular flexibility index (Phi) is 4.50. The molecule has 19 heavy (non-hydrogen) atoms. The van der Waals surface area contributed by atoms with Crippen LogP contribution < -0.4 is 4.90 Å². The second kappa shape index (κ2) is 6.12. The van der Waals surface area contributed by atoms with E-state index in [9.17, 15) is 9.90 Å². The standard InChI is InChI=1S/C14H21N3O2/c1-11-3-4-13(9-15-11)17-8-7-16(10-12(2)18)6-5-14(17)19/h3-4,9,12,18H,5-8,10H2,1-2H3. The van der Waals surface area contributed by atoms with Crippen LogP contribution in [-0.4, -0.2) is 53.2 Å². The van der Waals surface area contributed by atoms with Gasteiger partial charge < -0.3 is 10.0 Å². The van der Waals surface area contributed by atoms with Crippen molar-refractivity contribution in [3.05, 3.63) is 24.0 Å². The van der Waals surface area contributed by atoms with Crippen molar-refractivity contribution in [2.75, 3.05) is 31.1 Å². The molecule has 0 aliphatic carbocycles. The summed E-state index contributed by atoms with van der Waals surface area (Å²) in [6, 6.07) is 3.85. The highest BCUT2D eigenvalue weighted by atomic mass is 16.3. The molecule has 1 fully saturated rings. The lowest BCUT2D eigenvalue weighted by molar-refractivity contribution is -0.118. The van der Waals surface area contributed by atoms with E-state index in [1.54, 1.807) is 18.0 Å². The van der Waals surface area contributed by atoms with Crippen LogP contribution in [0.2, 0.25) is 0 Å². The maximum atomic E-state index is 12.1. The Bertz CT molecular complexity index is 431. The van der Waals surface area contributed by atoms with Gasteiger partial charge in [0.15, 0.2) is 0 Å². The summed E-state index contributed by atoms with van der Waals surface area (Å²) < 4.78 is 0. The number of carbonyl (C=O) groups is 1. The molecule has 0 aromatic carbocycles. The third-order valence-electron chi connectivity index (χ3n) is 3.31. The maximum absolute atomic E-state index is 12.1. The first-order valence-corrected chi connectivity index (χ1v) is 6.69. The van der Waals surface area contributed by atoms with Gasteiger partial charge in [-0.2, -0.15) is 0 Å². The second-order valence-corrected chi connectivity index (χ2v) is 5.10. The fourth-order valence-corrected chi connectivity index (χ4v) is 2.32. The number of rotatable bonds is 3. The predicted molar refractivity (Wildman–Crippen MR) is 74.1 cm³/mol. The van der Waals surface area contributed by atoms with E-state index < -0.39 is 0 Å². The Morgan fingerprint density at radius 3 is 2.79 bits per heavy atom. The average molecular weight is 263 g/mol. The minimum absolute atomic E-state index is 0.124. The number of anilines is 1. The van der Waals surface area contributed by atoms with Gasteiger partial charge in [-0.1, -0.05) is 0 Å². The quantitative estimate of drug-likeness (QED) is 0.877. The van der Waals surface area contributed by atoms with Gasteiger partial charge >= 0.3 is 0 Å². The Hall–Kier alpha value is -1.46. The summed E-state index contributed by atoms with van der Waals surface area (Å²) in [4.78, 5) is 20.3. The summed E-state index contributed by atoms with van der Waals surface area (Å²) >= 11 is 0. The Labute approximate surface area is 113 Å². The first kappa shape index (κ1) is 14.0. The van der Waals surface area contributed by atoms with E-state index in [2.05, 4.69) is 9.88 Å². The summed E-state index contributed by atoms with van der Waals surface area (Å²) in [5.41, 5.74) is 1.80. The third kappa shape index (κ3) is 3.75. The topological polar surface area (TPSA) is 56.7 Å². The summed E-state index contributed by atoms with van der Waals surface area (Å²) in [7, 11) is 0. The van der Waals surface area contributed by atoms with Gasteiger partial charge in [0.1, 0.15) is 0 Å². The van der Waals surface area contributed by atoms with E-state index in [-0.39, 0.29) is 12.0 Å². The van der Waals surface area contributed by atoms with Gasteiger partial charge in [-0.05, 0) is 26.0 Å². The molecule has 0 bridgehead atoms. The minimum atomic E-state index is -0.359. The predicted octanol–water partition coefficient (Wildman–Crippen LogP) is 0.810. The molecule has 5 heteroatoms. The van der Waals surface area contributed by atoms with Crippen molar-refractivity contribution in [3.8, 4) is 0 Å². The van der Waals surface area contributed by atoms with E-state index in [0.717, 1.165) is 17.9 Å². The summed E-state index contributed by atoms with van der Waals surface area (Å²) in [6.07, 6.45) is 1.88. The lowest BCUT2D eigenvalue weighted by Gasteiger charge is -2.22. The van der Waals surface area contributed by atoms with E-state index in [4.69, 9.17) is 0 Å². The van der Waals surface area contributed by atoms with Crippen LogP contribution in [0.1, 0.15) is 19.0 Å². The molecule has 1 N–H and O–H groups in total. The van der Waals surface area contributed by atoms with E-state index >= 15 is 0 Å². The number of nitrogens with zero attached hydrogens (tertiary/aromatic N) is 3. The fourth-order valence-electron chi connectivity index (χ4n) is 2.32. The number of aliphatic hydroxyl groups excluding tert-OH is 1. The fraction of sp³-hybridized carbons (Fsp3) is 0.571. The number of hydrogen-bond donors (Lipinski definition) is 1. The molecule has 2 heterocycles. The number of hydrogen-bond acceptors (Lipinski definition) is 4. The van der Waals surface area contributed by atoms with E-state index in [0.29, 0.717) is 26.1 Å². The lowest BCUT2D eigenvalue weighted by Crippen LogP contribution is -2.35. The molecular formula is C14H21N3O2. The van der Waals surface area contributed by atoms with Crippen LogP contribution in [0.3, 0.4) is 0 Å². The van der Waals surface area contributed by atoms with Crippen LogP contribution in [0.25, 0.3) is 0 Å². The summed E-state index contributed by atoms with van der Waals surface area (Å²) in [6.45, 7) is 6.46. The molecule has 5 nitrogen and oxygen atoms in total. The number of carbonyl (C=O) groups excluding carboxylic acids is 1. The summed E-state index contributed by atoms with van der Waals surface area (Å²) in [5, 5.41) is 9.43. The van der Waals surface area contributed by atoms with Crippen molar-refractivity contribution < 1.29 is 9.90 Å². The first-order chi connectivity index (χ1) is 9.06. The lowest BCUT2D eigenvalue weighted by atomic mass is 10.3. The van der Waals surface area contributed by atoms with Crippen molar-refractivity contribution in [2.45, 2.75) is 26.4 Å². The highest BCUT2D eigenvalue weighted by molar-refractivity contribution is 5.93. The molecule has 2 rings (SSSR count). The molecule has 104 valence electrons. The molecule has 1 aliphatic rings. The maximum Gasteiger partial charge on any atom is 0.228 e. The molecule has 1 atom stereocenters. The van der Waals surface area contributed by atoms with Gasteiger partial charge in [-0.3, -0.25) is 14.7 Å². The number of aliphatic hydroxyl groups is 1. The van der Waals surface area contributed by atoms with Crippen molar-refractivity contribution in [1.29, 1.82) is 0 Å². The van der Waals surface area contributed by atoms with Crippen LogP contribution in [0.5, 0.6) is 0 Å². The van der Waals surface area contributed by atoms with Crippen molar-refractivity contribution in [1.82, 2.24) is 9.88 Å². The molecule has 1 aromatic heterocycles. The Balaban J connectivity index is 2.06. The normalized spacial score (nSPS) is 19.3. The molecule has 0 spiro atoms. The third-order valence-corrected chi connectivity index (χ3v) is 3.31. The van der Waals surface area contributed by atoms with Crippen LogP contribution >= 0.6 is 0 Å². The smallest absolute Gasteiger partial charge is 0.228 e. The van der Waals surface area contributed by atoms with Crippen LogP contribution in [0.15, 0.2) is 18.3 Å². The van der Waals surface area contributed by atoms with Crippen LogP contribution in [-0.2, 0) is 4.79 Å². The Morgan fingerprint density at radius 1 is 1.37 bits per heavy atom. The van der Waals surface area contributed by atoms with Crippen LogP contribution in [0, 0.1) is 6.92 Å². The highest BCUT2D eigenvalue weighted by Gasteiger charge is 2.22. The number of amides is 1. The molecule has 1 aromatic rings. The number of β-amino-alcohol motifs (C(OH)–C–C–N with tert-alkyl or cyclic N) is 1. The van der Waals surface area contributed by atoms with Gasteiger partial charge in [0.05, 0.1) is 18.0 Å². The van der Waals surface area contributed by atoms with Crippen LogP contribution in [0.4, 0.5) is 5.69 Å². The highest BCUT2D eigenvalue weighted by Crippen LogP contribution is 2.16. The number of aryl methyl sites for hydroxylation is 1. The number of pyridine rings is 1. The van der Waals surface area contributed by atoms with Gasteiger partial charge in [0.25, 0.3) is 0 Å². The molecule has 1 unspecified atom stereocenters. The van der Waals surface area contributed by atoms with Gasteiger partial charge in [0.2, 0.25) is 5.91 Å². The van der Waals surface area contributed by atoms with Crippen molar-refractivity contribution in [2.24, 2.45) is 0 Å². The molecule has 0 radical (unpaired) electrons. The van der Waals surface area contributed by atoms with Crippen molar-refractivity contribution in [3.63, 3.8) is 0 Å². The first-order valence-electron chi connectivity index (χ1n) is 6.69. The zero-order chi connectivity index (χ0) is 13.8.